The number of hydrogen-bond donors (Lipinski definition) is 1. The van der Waals surface area contributed by atoms with Crippen molar-refractivity contribution >= 4 is 21.8 Å². The molecular formula is C24H31N5O4S2. The lowest BCUT2D eigenvalue weighted by Gasteiger charge is -2.26. The highest BCUT2D eigenvalue weighted by atomic mass is 32.2. The zero-order valence-corrected chi connectivity index (χ0v) is 21.8. The first kappa shape index (κ1) is 25.5. The van der Waals surface area contributed by atoms with Crippen molar-refractivity contribution in [2.75, 3.05) is 32.1 Å². The van der Waals surface area contributed by atoms with Gasteiger partial charge in [0.1, 0.15) is 12.4 Å². The van der Waals surface area contributed by atoms with Crippen molar-refractivity contribution in [3.63, 3.8) is 0 Å². The number of morpholine rings is 1. The molecule has 0 unspecified atom stereocenters. The van der Waals surface area contributed by atoms with Gasteiger partial charge in [-0.15, -0.1) is 10.2 Å². The Bertz CT molecular complexity index is 1250. The SMILES string of the molecule is CC(C)(C)c1ccc(OCc2nnc(SCc3cccc(S(=O)(=O)N4CCOCC4)c3)n2N)cc1. The summed E-state index contributed by atoms with van der Waals surface area (Å²) in [6.07, 6.45) is 0. The summed E-state index contributed by atoms with van der Waals surface area (Å²) < 4.78 is 39.8. The van der Waals surface area contributed by atoms with Crippen molar-refractivity contribution in [2.45, 2.75) is 48.6 Å². The third-order valence-corrected chi connectivity index (χ3v) is 8.61. The van der Waals surface area contributed by atoms with Crippen LogP contribution in [0.2, 0.25) is 0 Å². The lowest BCUT2D eigenvalue weighted by atomic mass is 9.87. The fourth-order valence-electron chi connectivity index (χ4n) is 3.58. The van der Waals surface area contributed by atoms with Gasteiger partial charge in [-0.05, 0) is 40.8 Å². The number of thioether (sulfide) groups is 1. The second kappa shape index (κ2) is 10.6. The molecule has 3 aromatic rings. The van der Waals surface area contributed by atoms with Crippen LogP contribution in [0.25, 0.3) is 0 Å². The molecule has 2 aromatic carbocycles. The maximum absolute atomic E-state index is 12.9. The number of sulfonamides is 1. The first-order valence-corrected chi connectivity index (χ1v) is 13.8. The summed E-state index contributed by atoms with van der Waals surface area (Å²) in [5.41, 5.74) is 2.16. The summed E-state index contributed by atoms with van der Waals surface area (Å²) in [5.74, 6) is 7.91. The van der Waals surface area contributed by atoms with E-state index in [4.69, 9.17) is 15.3 Å². The zero-order valence-electron chi connectivity index (χ0n) is 20.2. The third-order valence-electron chi connectivity index (χ3n) is 5.70. The predicted octanol–water partition coefficient (Wildman–Crippen LogP) is 3.18. The predicted molar refractivity (Wildman–Crippen MR) is 135 cm³/mol. The second-order valence-electron chi connectivity index (χ2n) is 9.28. The van der Waals surface area contributed by atoms with Crippen molar-refractivity contribution in [3.05, 3.63) is 65.5 Å². The van der Waals surface area contributed by atoms with E-state index in [1.54, 1.807) is 18.2 Å². The van der Waals surface area contributed by atoms with Gasteiger partial charge >= 0.3 is 0 Å². The van der Waals surface area contributed by atoms with Crippen molar-refractivity contribution in [3.8, 4) is 5.75 Å². The minimum Gasteiger partial charge on any atom is -0.486 e. The van der Waals surface area contributed by atoms with E-state index < -0.39 is 10.0 Å². The Hall–Kier alpha value is -2.60. The fraction of sp³-hybridized carbons (Fsp3) is 0.417. The van der Waals surface area contributed by atoms with Gasteiger partial charge in [-0.3, -0.25) is 0 Å². The Labute approximate surface area is 210 Å². The van der Waals surface area contributed by atoms with Gasteiger partial charge in [0, 0.05) is 18.8 Å². The monoisotopic (exact) mass is 517 g/mol. The van der Waals surface area contributed by atoms with Crippen LogP contribution >= 0.6 is 11.8 Å². The molecule has 1 aliphatic rings. The summed E-state index contributed by atoms with van der Waals surface area (Å²) >= 11 is 1.38. The molecule has 188 valence electrons. The smallest absolute Gasteiger partial charge is 0.243 e. The van der Waals surface area contributed by atoms with E-state index in [0.29, 0.717) is 43.0 Å². The second-order valence-corrected chi connectivity index (χ2v) is 12.2. The minimum absolute atomic E-state index is 0.0777. The minimum atomic E-state index is -3.55. The number of aromatic nitrogens is 3. The van der Waals surface area contributed by atoms with Crippen LogP contribution in [0.1, 0.15) is 37.7 Å². The maximum atomic E-state index is 12.9. The highest BCUT2D eigenvalue weighted by Gasteiger charge is 2.26. The van der Waals surface area contributed by atoms with Gasteiger partial charge in [0.25, 0.3) is 0 Å². The lowest BCUT2D eigenvalue weighted by Crippen LogP contribution is -2.40. The van der Waals surface area contributed by atoms with Gasteiger partial charge in [0.2, 0.25) is 15.2 Å². The normalized spacial score (nSPS) is 15.3. The largest absolute Gasteiger partial charge is 0.486 e. The number of hydrogen-bond acceptors (Lipinski definition) is 8. The summed E-state index contributed by atoms with van der Waals surface area (Å²) in [4.78, 5) is 0.276. The molecule has 0 aliphatic carbocycles. The summed E-state index contributed by atoms with van der Waals surface area (Å²) in [6, 6.07) is 14.9. The molecule has 35 heavy (non-hydrogen) atoms. The summed E-state index contributed by atoms with van der Waals surface area (Å²) in [5, 5.41) is 8.83. The standard InChI is InChI=1S/C24H31N5O4S2/c1-24(2,3)19-7-9-20(10-8-19)33-16-22-26-27-23(29(22)25)34-17-18-5-4-6-21(15-18)35(30,31)28-11-13-32-14-12-28/h4-10,15H,11-14,16-17,25H2,1-3H3. The number of ether oxygens (including phenoxy) is 2. The topological polar surface area (TPSA) is 113 Å². The quantitative estimate of drug-likeness (QED) is 0.358. The molecule has 0 amide bonds. The van der Waals surface area contributed by atoms with E-state index in [1.807, 2.05) is 18.2 Å². The molecular weight excluding hydrogens is 486 g/mol. The number of nitrogens with zero attached hydrogens (tertiary/aromatic N) is 4. The Kier molecular flexibility index (Phi) is 7.70. The van der Waals surface area contributed by atoms with Crippen LogP contribution in [0.3, 0.4) is 0 Å². The van der Waals surface area contributed by atoms with Crippen LogP contribution < -0.4 is 10.6 Å². The average Bonchev–Trinajstić information content (AvgIpc) is 3.21. The highest BCUT2D eigenvalue weighted by Crippen LogP contribution is 2.26. The molecule has 1 aliphatic heterocycles. The van der Waals surface area contributed by atoms with E-state index in [1.165, 1.54) is 26.3 Å². The molecule has 11 heteroatoms. The summed E-state index contributed by atoms with van der Waals surface area (Å²) in [7, 11) is -3.55. The molecule has 4 rings (SSSR count). The zero-order chi connectivity index (χ0) is 25.1. The third kappa shape index (κ3) is 6.16. The first-order valence-electron chi connectivity index (χ1n) is 11.4. The molecule has 0 atom stereocenters. The van der Waals surface area contributed by atoms with Crippen LogP contribution in [0.15, 0.2) is 58.6 Å². The molecule has 0 bridgehead atoms. The number of benzene rings is 2. The van der Waals surface area contributed by atoms with Gasteiger partial charge in [-0.2, -0.15) is 4.31 Å². The van der Waals surface area contributed by atoms with Crippen LogP contribution in [0.4, 0.5) is 0 Å². The Morgan fingerprint density at radius 3 is 2.49 bits per heavy atom. The van der Waals surface area contributed by atoms with E-state index in [0.717, 1.165) is 11.3 Å². The molecule has 9 nitrogen and oxygen atoms in total. The Morgan fingerprint density at radius 1 is 1.09 bits per heavy atom. The van der Waals surface area contributed by atoms with Crippen LogP contribution in [-0.2, 0) is 32.5 Å². The molecule has 0 saturated carbocycles. The molecule has 2 N–H and O–H groups in total. The Balaban J connectivity index is 1.36. The van der Waals surface area contributed by atoms with Crippen LogP contribution in [0.5, 0.6) is 5.75 Å². The van der Waals surface area contributed by atoms with E-state index in [9.17, 15) is 8.42 Å². The van der Waals surface area contributed by atoms with Crippen molar-refractivity contribution < 1.29 is 17.9 Å². The fourth-order valence-corrected chi connectivity index (χ4v) is 5.88. The molecule has 2 heterocycles. The summed E-state index contributed by atoms with van der Waals surface area (Å²) in [6.45, 7) is 8.23. The van der Waals surface area contributed by atoms with E-state index in [2.05, 4.69) is 43.1 Å². The Morgan fingerprint density at radius 2 is 1.80 bits per heavy atom. The molecule has 1 aromatic heterocycles. The first-order chi connectivity index (χ1) is 16.6. The highest BCUT2D eigenvalue weighted by molar-refractivity contribution is 7.98. The van der Waals surface area contributed by atoms with Gasteiger partial charge in [-0.25, -0.2) is 13.1 Å². The van der Waals surface area contributed by atoms with Gasteiger partial charge < -0.3 is 15.3 Å². The number of rotatable bonds is 8. The molecule has 0 spiro atoms. The number of nitrogen functional groups attached to an aromatic ring is 1. The van der Waals surface area contributed by atoms with Gasteiger partial charge in [0.05, 0.1) is 18.1 Å². The van der Waals surface area contributed by atoms with Gasteiger partial charge in [0.15, 0.2) is 5.82 Å². The molecule has 1 fully saturated rings. The molecule has 1 saturated heterocycles. The van der Waals surface area contributed by atoms with Crippen molar-refractivity contribution in [1.29, 1.82) is 0 Å². The van der Waals surface area contributed by atoms with Crippen molar-refractivity contribution in [1.82, 2.24) is 19.2 Å². The van der Waals surface area contributed by atoms with Crippen molar-refractivity contribution in [2.24, 2.45) is 0 Å². The number of nitrogens with two attached hydrogens (primary N) is 1. The lowest BCUT2D eigenvalue weighted by molar-refractivity contribution is 0.0730. The van der Waals surface area contributed by atoms with Crippen LogP contribution in [-0.4, -0.2) is 53.9 Å². The average molecular weight is 518 g/mol. The van der Waals surface area contributed by atoms with Crippen LogP contribution in [0, 0.1) is 0 Å². The maximum Gasteiger partial charge on any atom is 0.243 e. The van der Waals surface area contributed by atoms with Gasteiger partial charge in [-0.1, -0.05) is 56.8 Å². The molecule has 0 radical (unpaired) electrons. The van der Waals surface area contributed by atoms with E-state index >= 15 is 0 Å². The van der Waals surface area contributed by atoms with E-state index in [-0.39, 0.29) is 16.9 Å².